The zero-order chi connectivity index (χ0) is 13.4. The Morgan fingerprint density at radius 1 is 1.26 bits per heavy atom. The second-order valence-electron chi connectivity index (χ2n) is 5.46. The van der Waals surface area contributed by atoms with E-state index in [1.165, 1.54) is 18.4 Å². The van der Waals surface area contributed by atoms with Crippen LogP contribution in [0.15, 0.2) is 24.3 Å². The van der Waals surface area contributed by atoms with Gasteiger partial charge in [-0.05, 0) is 30.9 Å². The molecule has 2 aromatic rings. The Morgan fingerprint density at radius 3 is 2.58 bits per heavy atom. The molecule has 3 rings (SSSR count). The Hall–Kier alpha value is -1.03. The first kappa shape index (κ1) is 13.0. The van der Waals surface area contributed by atoms with Crippen LogP contribution in [0.5, 0.6) is 0 Å². The van der Waals surface area contributed by atoms with Gasteiger partial charge in [0.2, 0.25) is 5.95 Å². The first-order chi connectivity index (χ1) is 9.16. The Kier molecular flexibility index (Phi) is 3.52. The van der Waals surface area contributed by atoms with Gasteiger partial charge >= 0.3 is 0 Å². The maximum absolute atomic E-state index is 4.78. The van der Waals surface area contributed by atoms with Crippen LogP contribution in [0.3, 0.4) is 0 Å². The molecule has 1 atom stereocenters. The molecule has 3 nitrogen and oxygen atoms in total. The summed E-state index contributed by atoms with van der Waals surface area (Å²) < 4.78 is 2.22. The smallest absolute Gasteiger partial charge is 0.206 e. The minimum atomic E-state index is 0.620. The molecule has 0 N–H and O–H groups in total. The first-order valence-electron chi connectivity index (χ1n) is 6.97. The monoisotopic (exact) mass is 321 g/mol. The quantitative estimate of drug-likeness (QED) is 0.788. The fourth-order valence-corrected chi connectivity index (χ4v) is 3.50. The Balaban J connectivity index is 1.84. The first-order valence-corrected chi connectivity index (χ1v) is 7.89. The highest BCUT2D eigenvalue weighted by molar-refractivity contribution is 9.09. The number of hydrogen-bond acceptors (Lipinski definition) is 2. The molecule has 1 aliphatic rings. The number of aryl methyl sites for hydroxylation is 1. The molecule has 1 unspecified atom stereocenters. The summed E-state index contributed by atoms with van der Waals surface area (Å²) in [4.78, 5) is 7.83. The van der Waals surface area contributed by atoms with Crippen molar-refractivity contribution in [2.45, 2.75) is 24.6 Å². The van der Waals surface area contributed by atoms with Crippen LogP contribution in [-0.4, -0.2) is 27.5 Å². The summed E-state index contributed by atoms with van der Waals surface area (Å²) in [5, 5.41) is 0. The standard InChI is InChI=1S/C15H20BrN3/c1-11(16)12-7-9-19(10-8-12)15-17-13-5-3-4-6-14(13)18(15)2/h3-6,11-12H,7-10H2,1-2H3. The maximum Gasteiger partial charge on any atom is 0.206 e. The number of hydrogen-bond donors (Lipinski definition) is 0. The second-order valence-corrected chi connectivity index (χ2v) is 6.91. The number of alkyl halides is 1. The number of imidazole rings is 1. The molecule has 1 aliphatic heterocycles. The van der Waals surface area contributed by atoms with E-state index in [0.29, 0.717) is 4.83 Å². The van der Waals surface area contributed by atoms with E-state index in [0.717, 1.165) is 30.5 Å². The van der Waals surface area contributed by atoms with Crippen molar-refractivity contribution in [3.63, 3.8) is 0 Å². The van der Waals surface area contributed by atoms with Gasteiger partial charge in [-0.1, -0.05) is 35.0 Å². The number of benzene rings is 1. The van der Waals surface area contributed by atoms with E-state index in [2.05, 4.69) is 63.6 Å². The number of fused-ring (bicyclic) bond motifs is 1. The van der Waals surface area contributed by atoms with Crippen molar-refractivity contribution in [1.82, 2.24) is 9.55 Å². The lowest BCUT2D eigenvalue weighted by molar-refractivity contribution is 0.403. The van der Waals surface area contributed by atoms with Crippen LogP contribution in [0.25, 0.3) is 11.0 Å². The SMILES string of the molecule is CC(Br)C1CCN(c2nc3ccccc3n2C)CC1. The predicted molar refractivity (Wildman–Crippen MR) is 84.0 cm³/mol. The van der Waals surface area contributed by atoms with Crippen molar-refractivity contribution in [2.75, 3.05) is 18.0 Å². The van der Waals surface area contributed by atoms with Gasteiger partial charge < -0.3 is 9.47 Å². The molecule has 2 heterocycles. The molecule has 0 bridgehead atoms. The van der Waals surface area contributed by atoms with Gasteiger partial charge in [-0.2, -0.15) is 0 Å². The van der Waals surface area contributed by atoms with Crippen LogP contribution in [-0.2, 0) is 7.05 Å². The Bertz CT molecular complexity index is 568. The number of nitrogens with zero attached hydrogens (tertiary/aromatic N) is 3. The fraction of sp³-hybridized carbons (Fsp3) is 0.533. The van der Waals surface area contributed by atoms with E-state index >= 15 is 0 Å². The summed E-state index contributed by atoms with van der Waals surface area (Å²) in [7, 11) is 2.11. The summed E-state index contributed by atoms with van der Waals surface area (Å²) in [6.07, 6.45) is 2.49. The van der Waals surface area contributed by atoms with Crippen molar-refractivity contribution in [1.29, 1.82) is 0 Å². The zero-order valence-electron chi connectivity index (χ0n) is 11.5. The van der Waals surface area contributed by atoms with E-state index in [1.807, 2.05) is 0 Å². The van der Waals surface area contributed by atoms with Crippen LogP contribution >= 0.6 is 15.9 Å². The van der Waals surface area contributed by atoms with E-state index in [1.54, 1.807) is 0 Å². The average molecular weight is 322 g/mol. The highest BCUT2D eigenvalue weighted by Crippen LogP contribution is 2.29. The molecule has 1 aromatic carbocycles. The number of rotatable bonds is 2. The normalized spacial score (nSPS) is 19.0. The summed E-state index contributed by atoms with van der Waals surface area (Å²) in [5.74, 6) is 1.91. The van der Waals surface area contributed by atoms with Gasteiger partial charge in [-0.25, -0.2) is 4.98 Å². The second kappa shape index (κ2) is 5.16. The van der Waals surface area contributed by atoms with E-state index < -0.39 is 0 Å². The topological polar surface area (TPSA) is 21.1 Å². The van der Waals surface area contributed by atoms with Crippen molar-refractivity contribution >= 4 is 32.9 Å². The van der Waals surface area contributed by atoms with Crippen LogP contribution in [0.4, 0.5) is 5.95 Å². The van der Waals surface area contributed by atoms with Gasteiger partial charge in [0.25, 0.3) is 0 Å². The lowest BCUT2D eigenvalue weighted by atomic mass is 9.94. The third kappa shape index (κ3) is 2.38. The third-order valence-electron chi connectivity index (χ3n) is 4.24. The Labute approximate surface area is 122 Å². The Morgan fingerprint density at radius 2 is 1.95 bits per heavy atom. The minimum absolute atomic E-state index is 0.620. The lowest BCUT2D eigenvalue weighted by Gasteiger charge is -2.33. The number of para-hydroxylation sites is 2. The molecule has 0 saturated carbocycles. The fourth-order valence-electron chi connectivity index (χ4n) is 2.97. The van der Waals surface area contributed by atoms with Gasteiger partial charge in [0.05, 0.1) is 11.0 Å². The van der Waals surface area contributed by atoms with Crippen LogP contribution < -0.4 is 4.90 Å². The van der Waals surface area contributed by atoms with Gasteiger partial charge in [0.15, 0.2) is 0 Å². The maximum atomic E-state index is 4.78. The molecule has 0 amide bonds. The van der Waals surface area contributed by atoms with Crippen molar-refractivity contribution in [2.24, 2.45) is 13.0 Å². The van der Waals surface area contributed by atoms with E-state index in [9.17, 15) is 0 Å². The van der Waals surface area contributed by atoms with Gasteiger partial charge in [0, 0.05) is 25.0 Å². The molecule has 4 heteroatoms. The largest absolute Gasteiger partial charge is 0.342 e. The molecule has 1 fully saturated rings. The highest BCUT2D eigenvalue weighted by Gasteiger charge is 2.24. The van der Waals surface area contributed by atoms with Crippen molar-refractivity contribution < 1.29 is 0 Å². The molecule has 0 aliphatic carbocycles. The van der Waals surface area contributed by atoms with Crippen LogP contribution in [0.1, 0.15) is 19.8 Å². The highest BCUT2D eigenvalue weighted by atomic mass is 79.9. The predicted octanol–water partition coefficient (Wildman–Crippen LogP) is 3.57. The van der Waals surface area contributed by atoms with Gasteiger partial charge in [-0.3, -0.25) is 0 Å². The average Bonchev–Trinajstić information content (AvgIpc) is 2.77. The lowest BCUT2D eigenvalue weighted by Crippen LogP contribution is -2.37. The number of halogens is 1. The molecule has 0 spiro atoms. The molecule has 1 saturated heterocycles. The van der Waals surface area contributed by atoms with Crippen LogP contribution in [0.2, 0.25) is 0 Å². The summed E-state index contributed by atoms with van der Waals surface area (Å²) in [6.45, 7) is 4.48. The van der Waals surface area contributed by atoms with Crippen molar-refractivity contribution in [3.05, 3.63) is 24.3 Å². The molecule has 0 radical (unpaired) electrons. The summed E-state index contributed by atoms with van der Waals surface area (Å²) in [5.41, 5.74) is 2.31. The molecule has 102 valence electrons. The van der Waals surface area contributed by atoms with Crippen molar-refractivity contribution in [3.8, 4) is 0 Å². The summed E-state index contributed by atoms with van der Waals surface area (Å²) >= 11 is 3.72. The third-order valence-corrected chi connectivity index (χ3v) is 4.98. The zero-order valence-corrected chi connectivity index (χ0v) is 13.1. The molecular formula is C15H20BrN3. The minimum Gasteiger partial charge on any atom is -0.342 e. The van der Waals surface area contributed by atoms with Crippen LogP contribution in [0, 0.1) is 5.92 Å². The van der Waals surface area contributed by atoms with E-state index in [-0.39, 0.29) is 0 Å². The summed E-state index contributed by atoms with van der Waals surface area (Å²) in [6, 6.07) is 8.36. The number of piperidine rings is 1. The van der Waals surface area contributed by atoms with Gasteiger partial charge in [0.1, 0.15) is 0 Å². The molecule has 1 aromatic heterocycles. The number of aromatic nitrogens is 2. The molecule has 19 heavy (non-hydrogen) atoms. The van der Waals surface area contributed by atoms with Gasteiger partial charge in [-0.15, -0.1) is 0 Å². The molecular weight excluding hydrogens is 302 g/mol. The number of anilines is 1. The van der Waals surface area contributed by atoms with E-state index in [4.69, 9.17) is 4.98 Å².